The number of aryl methyl sites for hydroxylation is 1. The minimum absolute atomic E-state index is 0.0711. The zero-order valence-electron chi connectivity index (χ0n) is 17.8. The highest BCUT2D eigenvalue weighted by Gasteiger charge is 2.13. The van der Waals surface area contributed by atoms with Gasteiger partial charge in [0.1, 0.15) is 16.4 Å². The molecule has 0 saturated carbocycles. The van der Waals surface area contributed by atoms with Crippen LogP contribution in [-0.4, -0.2) is 30.6 Å². The molecule has 33 heavy (non-hydrogen) atoms. The maximum atomic E-state index is 12.3. The van der Waals surface area contributed by atoms with Crippen molar-refractivity contribution in [1.29, 1.82) is 0 Å². The summed E-state index contributed by atoms with van der Waals surface area (Å²) in [6.45, 7) is 2.02. The summed E-state index contributed by atoms with van der Waals surface area (Å²) in [5.41, 5.74) is 4.59. The van der Waals surface area contributed by atoms with Gasteiger partial charge < -0.3 is 5.32 Å². The molecule has 1 N–H and O–H groups in total. The summed E-state index contributed by atoms with van der Waals surface area (Å²) in [5, 5.41) is 12.0. The molecule has 0 saturated heterocycles. The highest BCUT2D eigenvalue weighted by atomic mass is 32.2. The Morgan fingerprint density at radius 1 is 1.09 bits per heavy atom. The van der Waals surface area contributed by atoms with E-state index in [0.29, 0.717) is 5.75 Å². The topological polar surface area (TPSA) is 85.6 Å². The van der Waals surface area contributed by atoms with E-state index in [-0.39, 0.29) is 12.3 Å². The summed E-state index contributed by atoms with van der Waals surface area (Å²) >= 11 is 3.08. The first kappa shape index (κ1) is 21.3. The van der Waals surface area contributed by atoms with Crippen LogP contribution in [0.3, 0.4) is 0 Å². The Morgan fingerprint density at radius 2 is 1.91 bits per heavy atom. The van der Waals surface area contributed by atoms with Gasteiger partial charge in [0, 0.05) is 16.8 Å². The zero-order valence-corrected chi connectivity index (χ0v) is 19.4. The number of rotatable bonds is 7. The van der Waals surface area contributed by atoms with Gasteiger partial charge in [0.25, 0.3) is 0 Å². The van der Waals surface area contributed by atoms with E-state index in [9.17, 15) is 4.79 Å². The summed E-state index contributed by atoms with van der Waals surface area (Å²) < 4.78 is 1.81. The molecule has 0 radical (unpaired) electrons. The lowest BCUT2D eigenvalue weighted by Crippen LogP contribution is -2.14. The normalized spacial score (nSPS) is 11.1. The lowest BCUT2D eigenvalue weighted by atomic mass is 10.2. The van der Waals surface area contributed by atoms with Crippen molar-refractivity contribution in [2.45, 2.75) is 24.1 Å². The van der Waals surface area contributed by atoms with Crippen LogP contribution in [0.2, 0.25) is 0 Å². The van der Waals surface area contributed by atoms with Gasteiger partial charge in [0.05, 0.1) is 29.4 Å². The Morgan fingerprint density at radius 3 is 2.73 bits per heavy atom. The third-order valence-electron chi connectivity index (χ3n) is 4.93. The van der Waals surface area contributed by atoms with E-state index in [1.54, 1.807) is 24.3 Å². The van der Waals surface area contributed by atoms with Gasteiger partial charge in [-0.15, -0.1) is 11.3 Å². The minimum atomic E-state index is -0.0711. The Balaban J connectivity index is 1.24. The largest absolute Gasteiger partial charge is 0.326 e. The lowest BCUT2D eigenvalue weighted by molar-refractivity contribution is -0.115. The molecular formula is C24H20N6OS2. The molecule has 0 aliphatic heterocycles. The number of benzene rings is 2. The number of amides is 1. The van der Waals surface area contributed by atoms with Crippen LogP contribution in [0.15, 0.2) is 77.5 Å². The number of nitrogens with one attached hydrogen (secondary N) is 1. The highest BCUT2D eigenvalue weighted by molar-refractivity contribution is 7.98. The molecule has 3 aromatic heterocycles. The molecule has 0 spiro atoms. The Labute approximate surface area is 198 Å². The number of nitrogens with zero attached hydrogens (tertiary/aromatic N) is 5. The molecule has 0 unspecified atom stereocenters. The van der Waals surface area contributed by atoms with Crippen LogP contribution < -0.4 is 5.32 Å². The van der Waals surface area contributed by atoms with Crippen LogP contribution in [0, 0.1) is 6.92 Å². The van der Waals surface area contributed by atoms with Crippen LogP contribution >= 0.6 is 23.1 Å². The molecule has 0 aliphatic rings. The van der Waals surface area contributed by atoms with Crippen LogP contribution in [0.25, 0.3) is 16.7 Å². The fourth-order valence-electron chi connectivity index (χ4n) is 3.31. The van der Waals surface area contributed by atoms with E-state index in [2.05, 4.69) is 25.4 Å². The summed E-state index contributed by atoms with van der Waals surface area (Å²) in [7, 11) is 0. The number of hydrogen-bond donors (Lipinski definition) is 1. The number of thiazole rings is 1. The average Bonchev–Trinajstić information content (AvgIpc) is 3.47. The van der Waals surface area contributed by atoms with Crippen molar-refractivity contribution in [3.63, 3.8) is 0 Å². The fraction of sp³-hybridized carbons (Fsp3) is 0.125. The van der Waals surface area contributed by atoms with E-state index in [0.717, 1.165) is 43.7 Å². The van der Waals surface area contributed by atoms with Crippen molar-refractivity contribution >= 4 is 45.7 Å². The van der Waals surface area contributed by atoms with Crippen LogP contribution in [0.4, 0.5) is 5.69 Å². The first-order valence-corrected chi connectivity index (χ1v) is 12.2. The van der Waals surface area contributed by atoms with Crippen molar-refractivity contribution in [1.82, 2.24) is 24.7 Å². The van der Waals surface area contributed by atoms with E-state index >= 15 is 0 Å². The van der Waals surface area contributed by atoms with Gasteiger partial charge in [-0.05, 0) is 31.2 Å². The number of thioether (sulfide) groups is 1. The van der Waals surface area contributed by atoms with Crippen molar-refractivity contribution in [3.05, 3.63) is 88.8 Å². The van der Waals surface area contributed by atoms with Gasteiger partial charge in [-0.3, -0.25) is 4.79 Å². The van der Waals surface area contributed by atoms with E-state index in [1.165, 1.54) is 11.3 Å². The van der Waals surface area contributed by atoms with Gasteiger partial charge in [-0.25, -0.2) is 19.6 Å². The molecule has 5 aromatic rings. The quantitative estimate of drug-likeness (QED) is 0.263. The molecule has 9 heteroatoms. The van der Waals surface area contributed by atoms with Crippen molar-refractivity contribution in [2.75, 3.05) is 5.32 Å². The third-order valence-corrected chi connectivity index (χ3v) is 6.87. The number of carbonyl (C=O) groups is 1. The number of hydrogen-bond acceptors (Lipinski definition) is 7. The molecule has 0 atom stereocenters. The molecule has 1 amide bonds. The second-order valence-electron chi connectivity index (χ2n) is 7.42. The molecule has 7 nitrogen and oxygen atoms in total. The molecule has 164 valence electrons. The first-order chi connectivity index (χ1) is 16.2. The van der Waals surface area contributed by atoms with E-state index in [1.807, 2.05) is 71.6 Å². The Bertz CT molecular complexity index is 1400. The number of carbonyl (C=O) groups excluding carboxylic acids is 1. The standard InChI is InChI=1S/C24H20N6OS2/c1-16-7-9-17(10-8-16)28-21(31)11-22-29-18(13-32-22)14-33-24-20-12-27-30(23(20)25-15-26-24)19-5-3-2-4-6-19/h2-10,12-13,15H,11,14H2,1H3,(H,28,31). The molecule has 3 heterocycles. The minimum Gasteiger partial charge on any atom is -0.326 e. The molecule has 2 aromatic carbocycles. The number of fused-ring (bicyclic) bond motifs is 1. The maximum absolute atomic E-state index is 12.3. The molecule has 5 rings (SSSR count). The van der Waals surface area contributed by atoms with Crippen LogP contribution in [0.5, 0.6) is 0 Å². The monoisotopic (exact) mass is 472 g/mol. The molecular weight excluding hydrogens is 452 g/mol. The number of aromatic nitrogens is 5. The van der Waals surface area contributed by atoms with Crippen LogP contribution in [-0.2, 0) is 17.0 Å². The molecule has 0 aliphatic carbocycles. The van der Waals surface area contributed by atoms with Crippen molar-refractivity contribution in [2.24, 2.45) is 0 Å². The Hall–Kier alpha value is -3.56. The fourth-order valence-corrected chi connectivity index (χ4v) is 5.07. The predicted molar refractivity (Wildman–Crippen MR) is 132 cm³/mol. The Kier molecular flexibility index (Phi) is 6.14. The van der Waals surface area contributed by atoms with Gasteiger partial charge in [0.2, 0.25) is 5.91 Å². The second-order valence-corrected chi connectivity index (χ2v) is 9.33. The third kappa shape index (κ3) is 4.94. The average molecular weight is 473 g/mol. The molecule has 0 bridgehead atoms. The first-order valence-electron chi connectivity index (χ1n) is 10.3. The summed E-state index contributed by atoms with van der Waals surface area (Å²) in [5.74, 6) is 0.580. The number of para-hydroxylation sites is 1. The zero-order chi connectivity index (χ0) is 22.6. The van der Waals surface area contributed by atoms with E-state index < -0.39 is 0 Å². The molecule has 0 fully saturated rings. The lowest BCUT2D eigenvalue weighted by Gasteiger charge is -2.04. The highest BCUT2D eigenvalue weighted by Crippen LogP contribution is 2.28. The summed E-state index contributed by atoms with van der Waals surface area (Å²) in [6.07, 6.45) is 3.62. The van der Waals surface area contributed by atoms with Gasteiger partial charge in [-0.1, -0.05) is 47.7 Å². The summed E-state index contributed by atoms with van der Waals surface area (Å²) in [4.78, 5) is 25.8. The van der Waals surface area contributed by atoms with Crippen molar-refractivity contribution in [3.8, 4) is 5.69 Å². The van der Waals surface area contributed by atoms with Gasteiger partial charge >= 0.3 is 0 Å². The van der Waals surface area contributed by atoms with E-state index in [4.69, 9.17) is 0 Å². The predicted octanol–water partition coefficient (Wildman–Crippen LogP) is 5.05. The maximum Gasteiger partial charge on any atom is 0.231 e. The van der Waals surface area contributed by atoms with Crippen molar-refractivity contribution < 1.29 is 4.79 Å². The summed E-state index contributed by atoms with van der Waals surface area (Å²) in [6, 6.07) is 17.7. The van der Waals surface area contributed by atoms with Gasteiger partial charge in [0.15, 0.2) is 5.65 Å². The number of anilines is 1. The smallest absolute Gasteiger partial charge is 0.231 e. The van der Waals surface area contributed by atoms with Gasteiger partial charge in [-0.2, -0.15) is 5.10 Å². The second kappa shape index (κ2) is 9.51. The SMILES string of the molecule is Cc1ccc(NC(=O)Cc2nc(CSc3ncnc4c3cnn4-c3ccccc3)cs2)cc1. The van der Waals surface area contributed by atoms with Crippen LogP contribution in [0.1, 0.15) is 16.3 Å².